The highest BCUT2D eigenvalue weighted by Gasteiger charge is 2.23. The number of rotatable bonds is 6. The number of nitrogens with two attached hydrogens (primary N) is 1. The molecule has 21 heavy (non-hydrogen) atoms. The molecule has 2 atom stereocenters. The van der Waals surface area contributed by atoms with Crippen molar-refractivity contribution in [2.45, 2.75) is 25.4 Å². The fourth-order valence-corrected chi connectivity index (χ4v) is 2.41. The number of aliphatic carboxylic acids is 1. The molecule has 0 fully saturated rings. The van der Waals surface area contributed by atoms with Crippen LogP contribution in [0.3, 0.4) is 0 Å². The smallest absolute Gasteiger partial charge is 0.326 e. The van der Waals surface area contributed by atoms with Gasteiger partial charge in [-0.25, -0.2) is 14.8 Å². The second kappa shape index (κ2) is 6.46. The van der Waals surface area contributed by atoms with Gasteiger partial charge in [0, 0.05) is 23.7 Å². The molecule has 0 aromatic carbocycles. The Morgan fingerprint density at radius 3 is 2.86 bits per heavy atom. The molecule has 5 N–H and O–H groups in total. The lowest BCUT2D eigenvalue weighted by molar-refractivity contribution is -0.139. The number of aromatic amines is 1. The first-order valence-electron chi connectivity index (χ1n) is 6.19. The Morgan fingerprint density at radius 2 is 2.33 bits per heavy atom. The first-order valence-corrected chi connectivity index (χ1v) is 7.07. The van der Waals surface area contributed by atoms with E-state index < -0.39 is 17.9 Å². The topological polar surface area (TPSA) is 134 Å². The number of hydrogen-bond acceptors (Lipinski definition) is 6. The molecule has 1 unspecified atom stereocenters. The van der Waals surface area contributed by atoms with Crippen molar-refractivity contribution in [2.24, 2.45) is 5.73 Å². The first-order chi connectivity index (χ1) is 9.97. The molecule has 112 valence electrons. The van der Waals surface area contributed by atoms with Crippen LogP contribution in [0.4, 0.5) is 0 Å². The van der Waals surface area contributed by atoms with Crippen LogP contribution in [-0.4, -0.2) is 38.0 Å². The second-order valence-corrected chi connectivity index (χ2v) is 5.39. The monoisotopic (exact) mass is 309 g/mol. The molecule has 0 saturated carbocycles. The van der Waals surface area contributed by atoms with Crippen LogP contribution in [0.25, 0.3) is 0 Å². The van der Waals surface area contributed by atoms with Crippen LogP contribution >= 0.6 is 11.3 Å². The molecule has 2 aromatic rings. The maximum Gasteiger partial charge on any atom is 0.326 e. The van der Waals surface area contributed by atoms with E-state index in [-0.39, 0.29) is 18.2 Å². The van der Waals surface area contributed by atoms with Crippen LogP contribution in [0.2, 0.25) is 0 Å². The predicted molar refractivity (Wildman–Crippen MR) is 75.9 cm³/mol. The van der Waals surface area contributed by atoms with Crippen LogP contribution in [0, 0.1) is 0 Å². The Hall–Kier alpha value is -2.26. The normalized spacial score (nSPS) is 13.6. The Bertz CT molecular complexity index is 623. The van der Waals surface area contributed by atoms with Gasteiger partial charge in [-0.2, -0.15) is 0 Å². The fraction of sp³-hybridized carbons (Fsp3) is 0.333. The summed E-state index contributed by atoms with van der Waals surface area (Å²) in [4.78, 5) is 33.9. The van der Waals surface area contributed by atoms with Gasteiger partial charge in [-0.05, 0) is 6.92 Å². The molecule has 2 aromatic heterocycles. The zero-order valence-corrected chi connectivity index (χ0v) is 12.1. The maximum atomic E-state index is 12.0. The van der Waals surface area contributed by atoms with Gasteiger partial charge < -0.3 is 21.1 Å². The van der Waals surface area contributed by atoms with Crippen molar-refractivity contribution >= 4 is 23.2 Å². The Morgan fingerprint density at radius 1 is 1.57 bits per heavy atom. The highest BCUT2D eigenvalue weighted by molar-refractivity contribution is 7.09. The van der Waals surface area contributed by atoms with Gasteiger partial charge in [0.25, 0.3) is 5.91 Å². The number of carbonyl (C=O) groups is 2. The molecule has 0 aliphatic carbocycles. The molecule has 8 nitrogen and oxygen atoms in total. The van der Waals surface area contributed by atoms with E-state index in [1.165, 1.54) is 23.9 Å². The van der Waals surface area contributed by atoms with E-state index in [4.69, 9.17) is 5.73 Å². The lowest BCUT2D eigenvalue weighted by Gasteiger charge is -2.12. The summed E-state index contributed by atoms with van der Waals surface area (Å²) in [6.45, 7) is 1.76. The average Bonchev–Trinajstić information content (AvgIpc) is 3.08. The van der Waals surface area contributed by atoms with Gasteiger partial charge >= 0.3 is 5.97 Å². The SMILES string of the molecule is CC(N)c1nc(C(=O)N[C@@H](Cc2cnc[nH]2)C(=O)O)cs1. The molecule has 0 saturated heterocycles. The third-order valence-corrected chi connectivity index (χ3v) is 3.77. The van der Waals surface area contributed by atoms with Crippen molar-refractivity contribution in [3.63, 3.8) is 0 Å². The van der Waals surface area contributed by atoms with Crippen molar-refractivity contribution in [3.05, 3.63) is 34.3 Å². The molecule has 2 heterocycles. The zero-order chi connectivity index (χ0) is 15.4. The third-order valence-electron chi connectivity index (χ3n) is 2.73. The minimum absolute atomic E-state index is 0.116. The molecule has 0 bridgehead atoms. The molecule has 0 aliphatic heterocycles. The zero-order valence-electron chi connectivity index (χ0n) is 11.2. The molecule has 2 rings (SSSR count). The van der Waals surface area contributed by atoms with Gasteiger partial charge in [0.2, 0.25) is 0 Å². The van der Waals surface area contributed by atoms with E-state index in [0.717, 1.165) is 0 Å². The van der Waals surface area contributed by atoms with Crippen LogP contribution in [0.5, 0.6) is 0 Å². The van der Waals surface area contributed by atoms with Crippen molar-refractivity contribution in [1.82, 2.24) is 20.3 Å². The van der Waals surface area contributed by atoms with Gasteiger partial charge in [-0.15, -0.1) is 11.3 Å². The van der Waals surface area contributed by atoms with E-state index in [1.54, 1.807) is 12.3 Å². The first kappa shape index (κ1) is 15.1. The predicted octanol–water partition coefficient (Wildman–Crippen LogP) is 0.312. The molecular weight excluding hydrogens is 294 g/mol. The van der Waals surface area contributed by atoms with Crippen LogP contribution in [-0.2, 0) is 11.2 Å². The van der Waals surface area contributed by atoms with Gasteiger partial charge in [-0.3, -0.25) is 4.79 Å². The summed E-state index contributed by atoms with van der Waals surface area (Å²) in [5.41, 5.74) is 6.47. The van der Waals surface area contributed by atoms with E-state index in [2.05, 4.69) is 20.3 Å². The number of thiazole rings is 1. The summed E-state index contributed by atoms with van der Waals surface area (Å²) < 4.78 is 0. The standard InChI is InChI=1S/C12H15N5O3S/c1-6(13)11-17-9(4-21-11)10(18)16-8(12(19)20)2-7-3-14-5-15-7/h3-6,8H,2,13H2,1H3,(H,14,15)(H,16,18)(H,19,20)/t6?,8-/m0/s1. The lowest BCUT2D eigenvalue weighted by atomic mass is 10.1. The number of carboxylic acid groups (broad SMARTS) is 1. The minimum atomic E-state index is -1.12. The van der Waals surface area contributed by atoms with Crippen molar-refractivity contribution < 1.29 is 14.7 Å². The van der Waals surface area contributed by atoms with E-state index in [9.17, 15) is 14.7 Å². The summed E-state index contributed by atoms with van der Waals surface area (Å²) in [5, 5.41) is 13.8. The molecule has 9 heteroatoms. The Balaban J connectivity index is 2.05. The number of H-pyrrole nitrogens is 1. The van der Waals surface area contributed by atoms with Gasteiger partial charge in [0.1, 0.15) is 16.7 Å². The van der Waals surface area contributed by atoms with Crippen molar-refractivity contribution in [2.75, 3.05) is 0 Å². The third kappa shape index (κ3) is 3.86. The van der Waals surface area contributed by atoms with Gasteiger partial charge in [-0.1, -0.05) is 0 Å². The average molecular weight is 309 g/mol. The summed E-state index contributed by atoms with van der Waals surface area (Å²) >= 11 is 1.27. The van der Waals surface area contributed by atoms with Crippen molar-refractivity contribution in [3.8, 4) is 0 Å². The summed E-state index contributed by atoms with van der Waals surface area (Å²) in [6.07, 6.45) is 3.08. The number of amides is 1. The maximum absolute atomic E-state index is 12.0. The van der Waals surface area contributed by atoms with Gasteiger partial charge in [0.15, 0.2) is 0 Å². The number of hydrogen-bond donors (Lipinski definition) is 4. The summed E-state index contributed by atoms with van der Waals surface area (Å²) in [5.74, 6) is -1.66. The minimum Gasteiger partial charge on any atom is -0.480 e. The number of imidazole rings is 1. The number of nitrogens with zero attached hydrogens (tertiary/aromatic N) is 2. The number of carbonyl (C=O) groups excluding carboxylic acids is 1. The second-order valence-electron chi connectivity index (χ2n) is 4.50. The molecule has 1 amide bonds. The molecular formula is C12H15N5O3S. The molecule has 0 spiro atoms. The number of aromatic nitrogens is 3. The van der Waals surface area contributed by atoms with Crippen LogP contribution in [0.15, 0.2) is 17.9 Å². The lowest BCUT2D eigenvalue weighted by Crippen LogP contribution is -2.42. The van der Waals surface area contributed by atoms with E-state index in [1.807, 2.05) is 0 Å². The molecule has 0 aliphatic rings. The highest BCUT2D eigenvalue weighted by atomic mass is 32.1. The van der Waals surface area contributed by atoms with Crippen LogP contribution in [0.1, 0.15) is 34.2 Å². The number of carboxylic acids is 1. The quantitative estimate of drug-likeness (QED) is 0.607. The highest BCUT2D eigenvalue weighted by Crippen LogP contribution is 2.15. The number of nitrogens with one attached hydrogen (secondary N) is 2. The summed E-state index contributed by atoms with van der Waals surface area (Å²) in [6, 6.07) is -1.32. The van der Waals surface area contributed by atoms with Gasteiger partial charge in [0.05, 0.1) is 12.4 Å². The Kier molecular flexibility index (Phi) is 4.66. The van der Waals surface area contributed by atoms with Crippen molar-refractivity contribution in [1.29, 1.82) is 0 Å². The largest absolute Gasteiger partial charge is 0.480 e. The fourth-order valence-electron chi connectivity index (χ4n) is 1.65. The van der Waals surface area contributed by atoms with E-state index in [0.29, 0.717) is 10.7 Å². The molecule has 0 radical (unpaired) electrons. The van der Waals surface area contributed by atoms with E-state index >= 15 is 0 Å². The Labute approximate surface area is 124 Å². The summed E-state index contributed by atoms with van der Waals surface area (Å²) in [7, 11) is 0. The van der Waals surface area contributed by atoms with Crippen LogP contribution < -0.4 is 11.1 Å².